The highest BCUT2D eigenvalue weighted by atomic mass is 16.5. The van der Waals surface area contributed by atoms with Gasteiger partial charge in [0, 0.05) is 90.2 Å². The third-order valence-electron chi connectivity index (χ3n) is 7.06. The summed E-state index contributed by atoms with van der Waals surface area (Å²) in [5, 5.41) is 21.0. The highest BCUT2D eigenvalue weighted by Crippen LogP contribution is 2.19. The van der Waals surface area contributed by atoms with Crippen LogP contribution in [0.3, 0.4) is 0 Å². The first-order valence-corrected chi connectivity index (χ1v) is 13.8. The van der Waals surface area contributed by atoms with E-state index in [1.165, 1.54) is 0 Å². The molecule has 0 amide bonds. The Hall–Kier alpha value is -3.58. The first-order valence-electron chi connectivity index (χ1n) is 13.8. The van der Waals surface area contributed by atoms with Gasteiger partial charge in [-0.3, -0.25) is 9.80 Å². The molecule has 0 radical (unpaired) electrons. The van der Waals surface area contributed by atoms with Gasteiger partial charge < -0.3 is 29.5 Å². The summed E-state index contributed by atoms with van der Waals surface area (Å²) >= 11 is 0. The second kappa shape index (κ2) is 14.2. The fourth-order valence-electron chi connectivity index (χ4n) is 4.89. The Balaban J connectivity index is 0.952. The van der Waals surface area contributed by atoms with Crippen molar-refractivity contribution in [3.8, 4) is 11.5 Å². The van der Waals surface area contributed by atoms with Gasteiger partial charge in [-0.1, -0.05) is 0 Å². The first-order chi connectivity index (χ1) is 19.6. The molecule has 12 heteroatoms. The molecule has 2 aliphatic heterocycles. The van der Waals surface area contributed by atoms with Crippen LogP contribution >= 0.6 is 0 Å². The predicted octanol–water partition coefficient (Wildman–Crippen LogP) is 0.390. The molecule has 214 valence electrons. The van der Waals surface area contributed by atoms with Crippen molar-refractivity contribution in [3.63, 3.8) is 0 Å². The fourth-order valence-corrected chi connectivity index (χ4v) is 4.89. The Bertz CT molecular complexity index is 1040. The van der Waals surface area contributed by atoms with Gasteiger partial charge in [0.05, 0.1) is 0 Å². The molecule has 1 aromatic carbocycles. The summed E-state index contributed by atoms with van der Waals surface area (Å²) in [7, 11) is 0. The number of ether oxygens (including phenoxy) is 2. The number of β-amino-alcohol motifs (C(OH)–C–C–N with tert-alkyl or cyclic N) is 2. The number of nitrogens with zero attached hydrogens (tertiary/aromatic N) is 8. The van der Waals surface area contributed by atoms with Gasteiger partial charge >= 0.3 is 0 Å². The van der Waals surface area contributed by atoms with E-state index in [1.807, 2.05) is 36.4 Å². The molecule has 2 aromatic heterocycles. The SMILES string of the molecule is O[C@H](COc1ccc(OC[C@@H](O)CN2CCN(c3ncccn3)CC2)cc1)CN1CCN(c2ncccn2)CC1. The van der Waals surface area contributed by atoms with Crippen molar-refractivity contribution in [3.05, 3.63) is 61.2 Å². The van der Waals surface area contributed by atoms with Gasteiger partial charge in [-0.05, 0) is 36.4 Å². The summed E-state index contributed by atoms with van der Waals surface area (Å²) in [6, 6.07) is 10.9. The molecule has 2 aliphatic rings. The van der Waals surface area contributed by atoms with Crippen molar-refractivity contribution in [1.82, 2.24) is 29.7 Å². The molecule has 5 rings (SSSR count). The van der Waals surface area contributed by atoms with Gasteiger partial charge in [0.25, 0.3) is 0 Å². The normalized spacial score (nSPS) is 18.4. The monoisotopic (exact) mass is 550 g/mol. The van der Waals surface area contributed by atoms with Crippen molar-refractivity contribution >= 4 is 11.9 Å². The number of anilines is 2. The van der Waals surface area contributed by atoms with Gasteiger partial charge in [-0.15, -0.1) is 0 Å². The summed E-state index contributed by atoms with van der Waals surface area (Å²) in [5.41, 5.74) is 0. The minimum atomic E-state index is -0.590. The fraction of sp³-hybridized carbons (Fsp3) is 0.500. The Morgan fingerprint density at radius 2 is 0.925 bits per heavy atom. The number of aliphatic hydroxyl groups excluding tert-OH is 2. The topological polar surface area (TPSA) is 123 Å². The molecular weight excluding hydrogens is 512 g/mol. The number of benzene rings is 1. The Morgan fingerprint density at radius 1 is 0.575 bits per heavy atom. The van der Waals surface area contributed by atoms with Crippen LogP contribution < -0.4 is 19.3 Å². The molecular formula is C28H38N8O4. The lowest BCUT2D eigenvalue weighted by Crippen LogP contribution is -2.49. The lowest BCUT2D eigenvalue weighted by molar-refractivity contribution is 0.0649. The summed E-state index contributed by atoms with van der Waals surface area (Å²) in [6.45, 7) is 8.20. The van der Waals surface area contributed by atoms with E-state index >= 15 is 0 Å². The van der Waals surface area contributed by atoms with Gasteiger partial charge in [0.15, 0.2) is 0 Å². The Kier molecular flexibility index (Phi) is 9.91. The maximum absolute atomic E-state index is 10.5. The molecule has 2 atom stereocenters. The zero-order valence-electron chi connectivity index (χ0n) is 22.7. The minimum Gasteiger partial charge on any atom is -0.491 e. The molecule has 40 heavy (non-hydrogen) atoms. The second-order valence-corrected chi connectivity index (χ2v) is 10.1. The predicted molar refractivity (Wildman–Crippen MR) is 151 cm³/mol. The van der Waals surface area contributed by atoms with Gasteiger partial charge in [0.1, 0.15) is 36.9 Å². The van der Waals surface area contributed by atoms with E-state index in [1.54, 1.807) is 24.8 Å². The van der Waals surface area contributed by atoms with Crippen LogP contribution in [0.25, 0.3) is 0 Å². The van der Waals surface area contributed by atoms with E-state index in [4.69, 9.17) is 9.47 Å². The third kappa shape index (κ3) is 8.21. The molecule has 4 heterocycles. The second-order valence-electron chi connectivity index (χ2n) is 10.1. The Morgan fingerprint density at radius 3 is 1.27 bits per heavy atom. The average molecular weight is 551 g/mol. The van der Waals surface area contributed by atoms with Crippen LogP contribution in [0, 0.1) is 0 Å². The molecule has 0 saturated carbocycles. The number of hydrogen-bond donors (Lipinski definition) is 2. The van der Waals surface area contributed by atoms with E-state index in [-0.39, 0.29) is 13.2 Å². The van der Waals surface area contributed by atoms with Crippen LogP contribution in [0.1, 0.15) is 0 Å². The summed E-state index contributed by atoms with van der Waals surface area (Å²) < 4.78 is 11.6. The molecule has 0 spiro atoms. The highest BCUT2D eigenvalue weighted by molar-refractivity contribution is 5.32. The molecule has 0 bridgehead atoms. The number of piperazine rings is 2. The Labute approximate surface area is 234 Å². The van der Waals surface area contributed by atoms with Crippen molar-refractivity contribution in [2.75, 3.05) is 88.5 Å². The van der Waals surface area contributed by atoms with Crippen molar-refractivity contribution < 1.29 is 19.7 Å². The van der Waals surface area contributed by atoms with Crippen LogP contribution in [0.5, 0.6) is 11.5 Å². The molecule has 3 aromatic rings. The van der Waals surface area contributed by atoms with E-state index in [9.17, 15) is 10.2 Å². The van der Waals surface area contributed by atoms with Crippen LogP contribution in [-0.2, 0) is 0 Å². The maximum Gasteiger partial charge on any atom is 0.225 e. The lowest BCUT2D eigenvalue weighted by atomic mass is 10.2. The van der Waals surface area contributed by atoms with Crippen LogP contribution in [0.15, 0.2) is 61.2 Å². The smallest absolute Gasteiger partial charge is 0.225 e. The molecule has 0 unspecified atom stereocenters. The number of rotatable bonds is 12. The average Bonchev–Trinajstić information content (AvgIpc) is 3.01. The maximum atomic E-state index is 10.5. The molecule has 12 nitrogen and oxygen atoms in total. The quantitative estimate of drug-likeness (QED) is 0.324. The van der Waals surface area contributed by atoms with Gasteiger partial charge in [-0.2, -0.15) is 0 Å². The molecule has 0 aliphatic carbocycles. The van der Waals surface area contributed by atoms with Gasteiger partial charge in [0.2, 0.25) is 11.9 Å². The summed E-state index contributed by atoms with van der Waals surface area (Å²) in [6.07, 6.45) is 5.84. The summed E-state index contributed by atoms with van der Waals surface area (Å²) in [4.78, 5) is 26.0. The lowest BCUT2D eigenvalue weighted by Gasteiger charge is -2.35. The zero-order valence-corrected chi connectivity index (χ0v) is 22.7. The van der Waals surface area contributed by atoms with E-state index in [2.05, 4.69) is 39.5 Å². The van der Waals surface area contributed by atoms with E-state index in [0.717, 1.165) is 64.3 Å². The van der Waals surface area contributed by atoms with Crippen molar-refractivity contribution in [2.24, 2.45) is 0 Å². The zero-order chi connectivity index (χ0) is 27.6. The molecule has 2 fully saturated rings. The minimum absolute atomic E-state index is 0.213. The number of hydrogen-bond acceptors (Lipinski definition) is 12. The van der Waals surface area contributed by atoms with Crippen LogP contribution in [-0.4, -0.2) is 131 Å². The van der Waals surface area contributed by atoms with Crippen molar-refractivity contribution in [2.45, 2.75) is 12.2 Å². The van der Waals surface area contributed by atoms with Crippen LogP contribution in [0.2, 0.25) is 0 Å². The number of aromatic nitrogens is 4. The highest BCUT2D eigenvalue weighted by Gasteiger charge is 2.22. The standard InChI is InChI=1S/C28H38N8O4/c37-23(19-33-11-15-35(16-12-33)27-29-7-1-8-30-27)21-39-25-3-5-26(6-4-25)40-22-24(38)20-34-13-17-36(18-14-34)28-31-9-2-10-32-28/h1-10,23-24,37-38H,11-22H2/t23-,24-/m0/s1. The summed E-state index contributed by atoms with van der Waals surface area (Å²) in [5.74, 6) is 2.83. The molecule has 2 N–H and O–H groups in total. The van der Waals surface area contributed by atoms with Crippen molar-refractivity contribution in [1.29, 1.82) is 0 Å². The molecule has 2 saturated heterocycles. The van der Waals surface area contributed by atoms with Gasteiger partial charge in [-0.25, -0.2) is 19.9 Å². The first kappa shape index (κ1) is 28.0. The number of aliphatic hydroxyl groups is 2. The third-order valence-corrected chi connectivity index (χ3v) is 7.06. The van der Waals surface area contributed by atoms with E-state index in [0.29, 0.717) is 24.6 Å². The van der Waals surface area contributed by atoms with E-state index < -0.39 is 12.2 Å². The van der Waals surface area contributed by atoms with Crippen LogP contribution in [0.4, 0.5) is 11.9 Å². The largest absolute Gasteiger partial charge is 0.491 e.